The first-order chi connectivity index (χ1) is 13.0. The molecule has 1 heterocycles. The van der Waals surface area contributed by atoms with E-state index < -0.39 is 0 Å². The minimum Gasteiger partial charge on any atom is -0.493 e. The van der Waals surface area contributed by atoms with E-state index in [1.165, 1.54) is 6.08 Å². The largest absolute Gasteiger partial charge is 0.493 e. The average Bonchev–Trinajstić information content (AvgIpc) is 2.66. The zero-order chi connectivity index (χ0) is 19.6. The molecule has 27 heavy (non-hydrogen) atoms. The van der Waals surface area contributed by atoms with E-state index in [1.54, 1.807) is 30.0 Å². The van der Waals surface area contributed by atoms with Crippen molar-refractivity contribution in [3.8, 4) is 11.5 Å². The molecule has 0 atom stereocenters. The molecule has 0 aliphatic carbocycles. The zero-order valence-corrected chi connectivity index (χ0v) is 16.0. The molecule has 1 aromatic carbocycles. The number of hydrogen-bond donors (Lipinski definition) is 1. The minimum absolute atomic E-state index is 0.0225. The predicted molar refractivity (Wildman–Crippen MR) is 106 cm³/mol. The number of aryl methyl sites for hydroxylation is 2. The summed E-state index contributed by atoms with van der Waals surface area (Å²) in [6.45, 7) is 5.42. The van der Waals surface area contributed by atoms with Gasteiger partial charge in [-0.1, -0.05) is 6.07 Å². The first kappa shape index (κ1) is 20.3. The number of aromatic nitrogens is 1. The van der Waals surface area contributed by atoms with E-state index in [2.05, 4.69) is 5.32 Å². The van der Waals surface area contributed by atoms with Crippen LogP contribution < -0.4 is 20.3 Å². The van der Waals surface area contributed by atoms with Gasteiger partial charge in [-0.3, -0.25) is 9.59 Å². The number of ether oxygens (including phenoxy) is 2. The monoisotopic (exact) mass is 370 g/mol. The van der Waals surface area contributed by atoms with Gasteiger partial charge in [0.15, 0.2) is 11.5 Å². The second kappa shape index (κ2) is 10.2. The topological polar surface area (TPSA) is 69.6 Å². The van der Waals surface area contributed by atoms with Gasteiger partial charge in [0.2, 0.25) is 5.91 Å². The summed E-state index contributed by atoms with van der Waals surface area (Å²) in [6.07, 6.45) is 5.66. The lowest BCUT2D eigenvalue weighted by Gasteiger charge is -2.09. The predicted octanol–water partition coefficient (Wildman–Crippen LogP) is 2.78. The van der Waals surface area contributed by atoms with Crippen LogP contribution >= 0.6 is 0 Å². The number of nitrogens with zero attached hydrogens (tertiary/aromatic N) is 1. The Bertz CT molecular complexity index is 856. The zero-order valence-electron chi connectivity index (χ0n) is 16.0. The Kier molecular flexibility index (Phi) is 7.67. The van der Waals surface area contributed by atoms with Gasteiger partial charge in [0, 0.05) is 31.4 Å². The molecule has 1 amide bonds. The van der Waals surface area contributed by atoms with Gasteiger partial charge in [0.1, 0.15) is 0 Å². The van der Waals surface area contributed by atoms with Crippen molar-refractivity contribution in [3.63, 3.8) is 0 Å². The van der Waals surface area contributed by atoms with E-state index in [4.69, 9.17) is 9.47 Å². The maximum absolute atomic E-state index is 11.9. The van der Waals surface area contributed by atoms with Gasteiger partial charge >= 0.3 is 0 Å². The number of benzene rings is 1. The van der Waals surface area contributed by atoms with Crippen molar-refractivity contribution in [1.82, 2.24) is 9.88 Å². The Morgan fingerprint density at radius 3 is 2.74 bits per heavy atom. The van der Waals surface area contributed by atoms with Crippen LogP contribution in [0.15, 0.2) is 47.4 Å². The van der Waals surface area contributed by atoms with Crippen LogP contribution in [-0.4, -0.2) is 30.7 Å². The molecule has 6 nitrogen and oxygen atoms in total. The number of methoxy groups -OCH3 is 1. The van der Waals surface area contributed by atoms with Gasteiger partial charge in [-0.15, -0.1) is 0 Å². The van der Waals surface area contributed by atoms with Crippen LogP contribution in [0, 0.1) is 6.92 Å². The highest BCUT2D eigenvalue weighted by Crippen LogP contribution is 2.28. The number of amides is 1. The minimum atomic E-state index is -0.181. The number of carbonyl (C=O) groups excluding carboxylic acids is 1. The molecule has 1 N–H and O–H groups in total. The number of pyridine rings is 1. The molecule has 0 bridgehead atoms. The SMILES string of the molecule is CCOc1ccc(/C=C/C(=O)NCCCn2ccc(C)cc2=O)cc1OC. The third-order valence-corrected chi connectivity index (χ3v) is 3.94. The molecule has 0 aliphatic rings. The molecule has 0 unspecified atom stereocenters. The first-order valence-corrected chi connectivity index (χ1v) is 8.97. The molecule has 0 fully saturated rings. The van der Waals surface area contributed by atoms with Crippen LogP contribution in [0.3, 0.4) is 0 Å². The second-order valence-corrected chi connectivity index (χ2v) is 6.06. The molecule has 0 aliphatic heterocycles. The maximum atomic E-state index is 11.9. The molecule has 0 saturated heterocycles. The van der Waals surface area contributed by atoms with E-state index >= 15 is 0 Å². The Balaban J connectivity index is 1.82. The average molecular weight is 370 g/mol. The lowest BCUT2D eigenvalue weighted by Crippen LogP contribution is -2.25. The van der Waals surface area contributed by atoms with Crippen LogP contribution in [0.5, 0.6) is 11.5 Å². The number of rotatable bonds is 9. The number of carbonyl (C=O) groups is 1. The third-order valence-electron chi connectivity index (χ3n) is 3.94. The molecule has 6 heteroatoms. The van der Waals surface area contributed by atoms with E-state index in [0.29, 0.717) is 37.6 Å². The van der Waals surface area contributed by atoms with E-state index in [0.717, 1.165) is 11.1 Å². The Hall–Kier alpha value is -3.02. The quantitative estimate of drug-likeness (QED) is 0.544. The van der Waals surface area contributed by atoms with Crippen LogP contribution in [-0.2, 0) is 11.3 Å². The summed E-state index contributed by atoms with van der Waals surface area (Å²) in [4.78, 5) is 23.7. The smallest absolute Gasteiger partial charge is 0.250 e. The van der Waals surface area contributed by atoms with Crippen molar-refractivity contribution in [2.45, 2.75) is 26.8 Å². The van der Waals surface area contributed by atoms with Crippen molar-refractivity contribution in [2.24, 2.45) is 0 Å². The molecule has 0 radical (unpaired) electrons. The lowest BCUT2D eigenvalue weighted by molar-refractivity contribution is -0.116. The van der Waals surface area contributed by atoms with Crippen molar-refractivity contribution in [2.75, 3.05) is 20.3 Å². The van der Waals surface area contributed by atoms with Gasteiger partial charge in [-0.2, -0.15) is 0 Å². The third kappa shape index (κ3) is 6.33. The maximum Gasteiger partial charge on any atom is 0.250 e. The van der Waals surface area contributed by atoms with E-state index in [9.17, 15) is 9.59 Å². The number of nitrogens with one attached hydrogen (secondary N) is 1. The summed E-state index contributed by atoms with van der Waals surface area (Å²) in [5.41, 5.74) is 1.77. The Morgan fingerprint density at radius 2 is 2.04 bits per heavy atom. The normalized spacial score (nSPS) is 10.8. The highest BCUT2D eigenvalue weighted by molar-refractivity contribution is 5.91. The van der Waals surface area contributed by atoms with Crippen molar-refractivity contribution in [1.29, 1.82) is 0 Å². The summed E-state index contributed by atoms with van der Waals surface area (Å²) >= 11 is 0. The van der Waals surface area contributed by atoms with Gasteiger partial charge in [-0.05, 0) is 55.7 Å². The van der Waals surface area contributed by atoms with Crippen LogP contribution in [0.1, 0.15) is 24.5 Å². The van der Waals surface area contributed by atoms with Crippen LogP contribution in [0.25, 0.3) is 6.08 Å². The van der Waals surface area contributed by atoms with Gasteiger partial charge in [0.05, 0.1) is 13.7 Å². The molecular weight excluding hydrogens is 344 g/mol. The fourth-order valence-corrected chi connectivity index (χ4v) is 2.55. The van der Waals surface area contributed by atoms with Gasteiger partial charge < -0.3 is 19.4 Å². The summed E-state index contributed by atoms with van der Waals surface area (Å²) in [7, 11) is 1.58. The molecule has 2 rings (SSSR count). The van der Waals surface area contributed by atoms with Gasteiger partial charge in [-0.25, -0.2) is 0 Å². The number of hydrogen-bond acceptors (Lipinski definition) is 4. The molecule has 1 aromatic heterocycles. The molecule has 0 spiro atoms. The van der Waals surface area contributed by atoms with Crippen molar-refractivity contribution in [3.05, 3.63) is 64.1 Å². The Morgan fingerprint density at radius 1 is 1.22 bits per heavy atom. The fraction of sp³-hybridized carbons (Fsp3) is 0.333. The van der Waals surface area contributed by atoms with Gasteiger partial charge in [0.25, 0.3) is 5.56 Å². The van der Waals surface area contributed by atoms with Crippen molar-refractivity contribution < 1.29 is 14.3 Å². The summed E-state index contributed by atoms with van der Waals surface area (Å²) in [5.74, 6) is 1.12. The summed E-state index contributed by atoms with van der Waals surface area (Å²) in [6, 6.07) is 9.00. The van der Waals surface area contributed by atoms with E-state index in [1.807, 2.05) is 38.1 Å². The molecule has 2 aromatic rings. The van der Waals surface area contributed by atoms with E-state index in [-0.39, 0.29) is 11.5 Å². The van der Waals surface area contributed by atoms with Crippen LogP contribution in [0.4, 0.5) is 0 Å². The fourth-order valence-electron chi connectivity index (χ4n) is 2.55. The standard InChI is InChI=1S/C21H26N2O4/c1-4-27-18-8-6-17(15-19(18)26-3)7-9-20(24)22-11-5-12-23-13-10-16(2)14-21(23)25/h6-10,13-15H,4-5,11-12H2,1-3H3,(H,22,24)/b9-7+. The second-order valence-electron chi connectivity index (χ2n) is 6.06. The summed E-state index contributed by atoms with van der Waals surface area (Å²) < 4.78 is 12.4. The molecular formula is C21H26N2O4. The molecule has 144 valence electrons. The highest BCUT2D eigenvalue weighted by Gasteiger charge is 2.04. The van der Waals surface area contributed by atoms with Crippen molar-refractivity contribution >= 4 is 12.0 Å². The van der Waals surface area contributed by atoms with Crippen LogP contribution in [0.2, 0.25) is 0 Å². The highest BCUT2D eigenvalue weighted by atomic mass is 16.5. The summed E-state index contributed by atoms with van der Waals surface area (Å²) in [5, 5.41) is 2.82. The molecule has 0 saturated carbocycles. The lowest BCUT2D eigenvalue weighted by atomic mass is 10.2. The Labute approximate surface area is 159 Å². The first-order valence-electron chi connectivity index (χ1n) is 8.97.